The standard InChI is InChI=1S/C14H11IO3S/c1-9-5-6-13(19-9)12(16)8-18-14(17)10-3-2-4-11(15)7-10/h2-7H,8H2,1H3. The molecule has 2 rings (SSSR count). The van der Waals surface area contributed by atoms with Crippen molar-refractivity contribution in [1.29, 1.82) is 0 Å². The molecule has 1 aromatic heterocycles. The Balaban J connectivity index is 1.95. The Labute approximate surface area is 128 Å². The third-order valence-electron chi connectivity index (χ3n) is 2.41. The first-order chi connectivity index (χ1) is 9.06. The highest BCUT2D eigenvalue weighted by atomic mass is 127. The first-order valence-corrected chi connectivity index (χ1v) is 7.48. The number of aryl methyl sites for hydroxylation is 1. The molecule has 0 saturated heterocycles. The summed E-state index contributed by atoms with van der Waals surface area (Å²) in [4.78, 5) is 25.2. The average Bonchev–Trinajstić information content (AvgIpc) is 2.82. The number of carbonyl (C=O) groups excluding carboxylic acids is 2. The number of ether oxygens (including phenoxy) is 1. The van der Waals surface area contributed by atoms with Crippen molar-refractivity contribution in [3.63, 3.8) is 0 Å². The van der Waals surface area contributed by atoms with Crippen molar-refractivity contribution in [3.05, 3.63) is 55.3 Å². The molecule has 0 aliphatic carbocycles. The summed E-state index contributed by atoms with van der Waals surface area (Å²) in [6.07, 6.45) is 0. The molecular weight excluding hydrogens is 375 g/mol. The lowest BCUT2D eigenvalue weighted by Crippen LogP contribution is -2.13. The first kappa shape index (κ1) is 14.2. The third-order valence-corrected chi connectivity index (χ3v) is 4.12. The summed E-state index contributed by atoms with van der Waals surface area (Å²) in [7, 11) is 0. The highest BCUT2D eigenvalue weighted by molar-refractivity contribution is 14.1. The van der Waals surface area contributed by atoms with Crippen molar-refractivity contribution in [2.75, 3.05) is 6.61 Å². The number of ketones is 1. The van der Waals surface area contributed by atoms with Gasteiger partial charge in [0, 0.05) is 8.45 Å². The Hall–Kier alpha value is -1.21. The summed E-state index contributed by atoms with van der Waals surface area (Å²) in [5, 5.41) is 0. The monoisotopic (exact) mass is 386 g/mol. The molecule has 98 valence electrons. The summed E-state index contributed by atoms with van der Waals surface area (Å²) >= 11 is 3.52. The fraction of sp³-hybridized carbons (Fsp3) is 0.143. The molecule has 0 aliphatic heterocycles. The summed E-state index contributed by atoms with van der Waals surface area (Å²) in [5.74, 6) is -0.641. The van der Waals surface area contributed by atoms with Crippen molar-refractivity contribution in [2.24, 2.45) is 0 Å². The highest BCUT2D eigenvalue weighted by Crippen LogP contribution is 2.16. The van der Waals surface area contributed by atoms with Crippen LogP contribution in [0.2, 0.25) is 0 Å². The van der Waals surface area contributed by atoms with Crippen molar-refractivity contribution >= 4 is 45.7 Å². The maximum absolute atomic E-state index is 11.8. The van der Waals surface area contributed by atoms with Crippen LogP contribution in [0.4, 0.5) is 0 Å². The van der Waals surface area contributed by atoms with Gasteiger partial charge < -0.3 is 4.74 Å². The topological polar surface area (TPSA) is 43.4 Å². The van der Waals surface area contributed by atoms with E-state index < -0.39 is 5.97 Å². The zero-order valence-corrected chi connectivity index (χ0v) is 13.2. The molecular formula is C14H11IO3S. The van der Waals surface area contributed by atoms with E-state index in [2.05, 4.69) is 22.6 Å². The molecule has 0 fully saturated rings. The number of esters is 1. The van der Waals surface area contributed by atoms with Gasteiger partial charge in [0.1, 0.15) is 0 Å². The SMILES string of the molecule is Cc1ccc(C(=O)COC(=O)c2cccc(I)c2)s1. The van der Waals surface area contributed by atoms with Gasteiger partial charge in [-0.05, 0) is 59.8 Å². The average molecular weight is 386 g/mol. The minimum absolute atomic E-state index is 0.169. The molecule has 0 saturated carbocycles. The van der Waals surface area contributed by atoms with Gasteiger partial charge in [0.15, 0.2) is 6.61 Å². The predicted molar refractivity (Wildman–Crippen MR) is 82.8 cm³/mol. The Morgan fingerprint density at radius 1 is 1.26 bits per heavy atom. The van der Waals surface area contributed by atoms with E-state index in [9.17, 15) is 9.59 Å². The van der Waals surface area contributed by atoms with Gasteiger partial charge in [0.2, 0.25) is 5.78 Å². The molecule has 0 radical (unpaired) electrons. The van der Waals surface area contributed by atoms with Crippen LogP contribution in [0.15, 0.2) is 36.4 Å². The zero-order chi connectivity index (χ0) is 13.8. The van der Waals surface area contributed by atoms with Crippen LogP contribution in [0, 0.1) is 10.5 Å². The Bertz CT molecular complexity index is 619. The van der Waals surface area contributed by atoms with Crippen LogP contribution in [0.1, 0.15) is 24.9 Å². The van der Waals surface area contributed by atoms with Crippen molar-refractivity contribution in [3.8, 4) is 0 Å². The van der Waals surface area contributed by atoms with Gasteiger partial charge >= 0.3 is 5.97 Å². The van der Waals surface area contributed by atoms with Gasteiger partial charge in [0.25, 0.3) is 0 Å². The van der Waals surface area contributed by atoms with Crippen LogP contribution in [-0.4, -0.2) is 18.4 Å². The second kappa shape index (κ2) is 6.29. The maximum atomic E-state index is 11.8. The van der Waals surface area contributed by atoms with Crippen LogP contribution >= 0.6 is 33.9 Å². The Morgan fingerprint density at radius 2 is 2.05 bits per heavy atom. The molecule has 1 heterocycles. The minimum atomic E-state index is -0.472. The summed E-state index contributed by atoms with van der Waals surface area (Å²) < 4.78 is 5.97. The van der Waals surface area contributed by atoms with Crippen LogP contribution in [0.5, 0.6) is 0 Å². The lowest BCUT2D eigenvalue weighted by Gasteiger charge is -2.03. The number of hydrogen-bond donors (Lipinski definition) is 0. The van der Waals surface area contributed by atoms with E-state index in [1.165, 1.54) is 11.3 Å². The van der Waals surface area contributed by atoms with Crippen molar-refractivity contribution in [1.82, 2.24) is 0 Å². The maximum Gasteiger partial charge on any atom is 0.338 e. The van der Waals surface area contributed by atoms with Crippen LogP contribution in [0.3, 0.4) is 0 Å². The van der Waals surface area contributed by atoms with Crippen LogP contribution < -0.4 is 0 Å². The number of rotatable bonds is 4. The lowest BCUT2D eigenvalue weighted by molar-refractivity contribution is 0.0476. The second-order valence-electron chi connectivity index (χ2n) is 3.92. The van der Waals surface area contributed by atoms with E-state index in [0.29, 0.717) is 10.4 Å². The van der Waals surface area contributed by atoms with Crippen LogP contribution in [0.25, 0.3) is 0 Å². The van der Waals surface area contributed by atoms with Gasteiger partial charge in [-0.25, -0.2) is 4.79 Å². The molecule has 2 aromatic rings. The van der Waals surface area contributed by atoms with E-state index in [1.807, 2.05) is 19.1 Å². The van der Waals surface area contributed by atoms with Gasteiger partial charge in [-0.15, -0.1) is 11.3 Å². The summed E-state index contributed by atoms with van der Waals surface area (Å²) in [6, 6.07) is 10.7. The smallest absolute Gasteiger partial charge is 0.338 e. The summed E-state index contributed by atoms with van der Waals surface area (Å²) in [5.41, 5.74) is 0.460. The van der Waals surface area contributed by atoms with Crippen molar-refractivity contribution < 1.29 is 14.3 Å². The number of Topliss-reactive ketones (excluding diaryl/α,β-unsaturated/α-hetero) is 1. The second-order valence-corrected chi connectivity index (χ2v) is 6.45. The predicted octanol–water partition coefficient (Wildman–Crippen LogP) is 3.70. The summed E-state index contributed by atoms with van der Waals surface area (Å²) in [6.45, 7) is 1.71. The van der Waals surface area contributed by atoms with Gasteiger partial charge in [0.05, 0.1) is 10.4 Å². The number of halogens is 1. The normalized spacial score (nSPS) is 10.2. The van der Waals surface area contributed by atoms with E-state index in [-0.39, 0.29) is 12.4 Å². The van der Waals surface area contributed by atoms with Gasteiger partial charge in [-0.1, -0.05) is 6.07 Å². The largest absolute Gasteiger partial charge is 0.454 e. The van der Waals surface area contributed by atoms with E-state index in [4.69, 9.17) is 4.74 Å². The van der Waals surface area contributed by atoms with E-state index in [1.54, 1.807) is 24.3 Å². The molecule has 0 unspecified atom stereocenters. The fourth-order valence-electron chi connectivity index (χ4n) is 1.49. The zero-order valence-electron chi connectivity index (χ0n) is 10.2. The number of thiophene rings is 1. The van der Waals surface area contributed by atoms with E-state index >= 15 is 0 Å². The third kappa shape index (κ3) is 3.87. The first-order valence-electron chi connectivity index (χ1n) is 5.58. The minimum Gasteiger partial charge on any atom is -0.454 e. The fourth-order valence-corrected chi connectivity index (χ4v) is 2.82. The molecule has 1 aromatic carbocycles. The lowest BCUT2D eigenvalue weighted by atomic mass is 10.2. The van der Waals surface area contributed by atoms with Gasteiger partial charge in [-0.3, -0.25) is 4.79 Å². The molecule has 0 spiro atoms. The van der Waals surface area contributed by atoms with E-state index in [0.717, 1.165) is 8.45 Å². The number of hydrogen-bond acceptors (Lipinski definition) is 4. The molecule has 3 nitrogen and oxygen atoms in total. The van der Waals surface area contributed by atoms with Crippen LogP contribution in [-0.2, 0) is 4.74 Å². The number of benzene rings is 1. The van der Waals surface area contributed by atoms with Gasteiger partial charge in [-0.2, -0.15) is 0 Å². The highest BCUT2D eigenvalue weighted by Gasteiger charge is 2.13. The Kier molecular flexibility index (Phi) is 4.71. The van der Waals surface area contributed by atoms with Crippen molar-refractivity contribution in [2.45, 2.75) is 6.92 Å². The molecule has 0 amide bonds. The molecule has 0 bridgehead atoms. The molecule has 0 N–H and O–H groups in total. The molecule has 5 heteroatoms. The Morgan fingerprint density at radius 3 is 2.68 bits per heavy atom. The number of carbonyl (C=O) groups is 2. The molecule has 0 atom stereocenters. The molecule has 19 heavy (non-hydrogen) atoms. The quantitative estimate of drug-likeness (QED) is 0.457. The molecule has 0 aliphatic rings.